The standard InChI is InChI=1S/C13H13FO/c1-10-2-3-12-9-13(15-7-6-14)5-4-11(12)8-10/h2-5,8-9H,6-7H2,1H3. The lowest BCUT2D eigenvalue weighted by Gasteiger charge is -2.05. The van der Waals surface area contributed by atoms with Crippen molar-refractivity contribution in [1.29, 1.82) is 0 Å². The summed E-state index contributed by atoms with van der Waals surface area (Å²) in [5.41, 5.74) is 1.24. The fourth-order valence-electron chi connectivity index (χ4n) is 1.59. The van der Waals surface area contributed by atoms with Gasteiger partial charge >= 0.3 is 0 Å². The highest BCUT2D eigenvalue weighted by atomic mass is 19.1. The lowest BCUT2D eigenvalue weighted by molar-refractivity contribution is 0.273. The second-order valence-corrected chi connectivity index (χ2v) is 3.55. The van der Waals surface area contributed by atoms with E-state index in [4.69, 9.17) is 4.74 Å². The summed E-state index contributed by atoms with van der Waals surface area (Å²) in [6.07, 6.45) is 0. The van der Waals surface area contributed by atoms with Crippen molar-refractivity contribution >= 4 is 10.8 Å². The molecule has 0 saturated carbocycles. The first-order chi connectivity index (χ1) is 7.29. The summed E-state index contributed by atoms with van der Waals surface area (Å²) in [7, 11) is 0. The maximum absolute atomic E-state index is 11.9. The highest BCUT2D eigenvalue weighted by Gasteiger charge is 1.97. The van der Waals surface area contributed by atoms with Crippen molar-refractivity contribution in [1.82, 2.24) is 0 Å². The van der Waals surface area contributed by atoms with Crippen LogP contribution in [-0.4, -0.2) is 13.3 Å². The maximum atomic E-state index is 11.9. The molecule has 2 rings (SSSR count). The van der Waals surface area contributed by atoms with Gasteiger partial charge in [0.25, 0.3) is 0 Å². The summed E-state index contributed by atoms with van der Waals surface area (Å²) in [6.45, 7) is 1.73. The molecule has 78 valence electrons. The molecule has 2 aromatic rings. The molecule has 0 bridgehead atoms. The molecule has 0 aliphatic heterocycles. The molecule has 0 fully saturated rings. The Balaban J connectivity index is 2.34. The minimum absolute atomic E-state index is 0.122. The van der Waals surface area contributed by atoms with Crippen molar-refractivity contribution in [2.45, 2.75) is 6.92 Å². The lowest BCUT2D eigenvalue weighted by atomic mass is 10.1. The Hall–Kier alpha value is -1.57. The predicted molar refractivity (Wildman–Crippen MR) is 60.2 cm³/mol. The van der Waals surface area contributed by atoms with Crippen LogP contribution >= 0.6 is 0 Å². The van der Waals surface area contributed by atoms with Gasteiger partial charge in [-0.05, 0) is 29.8 Å². The van der Waals surface area contributed by atoms with E-state index in [-0.39, 0.29) is 6.61 Å². The number of halogens is 1. The fourth-order valence-corrected chi connectivity index (χ4v) is 1.59. The van der Waals surface area contributed by atoms with Crippen molar-refractivity contribution in [2.24, 2.45) is 0 Å². The number of hydrogen-bond donors (Lipinski definition) is 0. The molecule has 0 aromatic heterocycles. The van der Waals surface area contributed by atoms with Gasteiger partial charge in [-0.1, -0.05) is 29.8 Å². The molecule has 0 amide bonds. The zero-order valence-electron chi connectivity index (χ0n) is 8.66. The normalized spacial score (nSPS) is 10.5. The molecular formula is C13H13FO. The second kappa shape index (κ2) is 4.30. The summed E-state index contributed by atoms with van der Waals surface area (Å²) in [5.74, 6) is 0.726. The highest BCUT2D eigenvalue weighted by molar-refractivity contribution is 5.84. The van der Waals surface area contributed by atoms with Crippen LogP contribution in [0.3, 0.4) is 0 Å². The molecule has 0 radical (unpaired) electrons. The molecule has 2 heteroatoms. The Morgan fingerprint density at radius 1 is 1.07 bits per heavy atom. The van der Waals surface area contributed by atoms with Crippen LogP contribution in [-0.2, 0) is 0 Å². The molecule has 0 aliphatic carbocycles. The van der Waals surface area contributed by atoms with Crippen LogP contribution in [0.4, 0.5) is 4.39 Å². The van der Waals surface area contributed by atoms with Gasteiger partial charge in [0.2, 0.25) is 0 Å². The van der Waals surface area contributed by atoms with E-state index in [0.29, 0.717) is 0 Å². The van der Waals surface area contributed by atoms with E-state index in [1.54, 1.807) is 0 Å². The van der Waals surface area contributed by atoms with Gasteiger partial charge in [-0.25, -0.2) is 4.39 Å². The average molecular weight is 204 g/mol. The minimum atomic E-state index is -0.452. The molecule has 0 aliphatic rings. The van der Waals surface area contributed by atoms with Gasteiger partial charge in [0.05, 0.1) is 0 Å². The van der Waals surface area contributed by atoms with Crippen LogP contribution in [0.1, 0.15) is 5.56 Å². The third kappa shape index (κ3) is 2.27. The van der Waals surface area contributed by atoms with Gasteiger partial charge in [0.15, 0.2) is 0 Å². The Kier molecular flexibility index (Phi) is 2.86. The number of fused-ring (bicyclic) bond motifs is 1. The number of rotatable bonds is 3. The summed E-state index contributed by atoms with van der Waals surface area (Å²) < 4.78 is 17.1. The maximum Gasteiger partial charge on any atom is 0.123 e. The van der Waals surface area contributed by atoms with E-state index in [1.165, 1.54) is 10.9 Å². The van der Waals surface area contributed by atoms with Crippen molar-refractivity contribution in [3.63, 3.8) is 0 Å². The Morgan fingerprint density at radius 3 is 2.60 bits per heavy atom. The number of alkyl halides is 1. The van der Waals surface area contributed by atoms with Crippen LogP contribution in [0.15, 0.2) is 36.4 Å². The topological polar surface area (TPSA) is 9.23 Å². The number of aryl methyl sites for hydroxylation is 1. The number of ether oxygens (including phenoxy) is 1. The van der Waals surface area contributed by atoms with Crippen LogP contribution in [0, 0.1) is 6.92 Å². The molecule has 0 saturated heterocycles. The Bertz CT molecular complexity index is 465. The lowest BCUT2D eigenvalue weighted by Crippen LogP contribution is -1.98. The molecule has 0 unspecified atom stereocenters. The fraction of sp³-hybridized carbons (Fsp3) is 0.231. The SMILES string of the molecule is Cc1ccc2cc(OCCF)ccc2c1. The van der Waals surface area contributed by atoms with Crippen molar-refractivity contribution < 1.29 is 9.13 Å². The Morgan fingerprint density at radius 2 is 1.80 bits per heavy atom. The zero-order valence-corrected chi connectivity index (χ0v) is 8.66. The third-order valence-corrected chi connectivity index (χ3v) is 2.31. The van der Waals surface area contributed by atoms with Crippen LogP contribution in [0.2, 0.25) is 0 Å². The summed E-state index contributed by atoms with van der Waals surface area (Å²) >= 11 is 0. The van der Waals surface area contributed by atoms with Gasteiger partial charge in [0, 0.05) is 0 Å². The van der Waals surface area contributed by atoms with E-state index in [0.717, 1.165) is 11.1 Å². The molecule has 0 heterocycles. The van der Waals surface area contributed by atoms with Crippen LogP contribution in [0.25, 0.3) is 10.8 Å². The first-order valence-electron chi connectivity index (χ1n) is 4.99. The molecule has 0 spiro atoms. The predicted octanol–water partition coefficient (Wildman–Crippen LogP) is 3.50. The van der Waals surface area contributed by atoms with E-state index in [9.17, 15) is 4.39 Å². The van der Waals surface area contributed by atoms with Gasteiger partial charge in [-0.3, -0.25) is 0 Å². The average Bonchev–Trinajstić information content (AvgIpc) is 2.26. The van der Waals surface area contributed by atoms with Gasteiger partial charge in [-0.15, -0.1) is 0 Å². The van der Waals surface area contributed by atoms with Crippen LogP contribution in [0.5, 0.6) is 5.75 Å². The molecule has 1 nitrogen and oxygen atoms in total. The summed E-state index contributed by atoms with van der Waals surface area (Å²) in [6, 6.07) is 12.0. The van der Waals surface area contributed by atoms with Crippen LogP contribution < -0.4 is 4.74 Å². The molecule has 0 atom stereocenters. The van der Waals surface area contributed by atoms with Gasteiger partial charge in [-0.2, -0.15) is 0 Å². The number of benzene rings is 2. The van der Waals surface area contributed by atoms with E-state index in [2.05, 4.69) is 19.1 Å². The largest absolute Gasteiger partial charge is 0.491 e. The second-order valence-electron chi connectivity index (χ2n) is 3.55. The highest BCUT2D eigenvalue weighted by Crippen LogP contribution is 2.21. The van der Waals surface area contributed by atoms with E-state index in [1.807, 2.05) is 24.3 Å². The van der Waals surface area contributed by atoms with Crippen molar-refractivity contribution in [3.05, 3.63) is 42.0 Å². The summed E-state index contributed by atoms with van der Waals surface area (Å²) in [4.78, 5) is 0. The zero-order chi connectivity index (χ0) is 10.7. The molecule has 2 aromatic carbocycles. The quantitative estimate of drug-likeness (QED) is 0.743. The molecule has 15 heavy (non-hydrogen) atoms. The molecular weight excluding hydrogens is 191 g/mol. The summed E-state index contributed by atoms with van der Waals surface area (Å²) in [5, 5.41) is 2.31. The van der Waals surface area contributed by atoms with Crippen molar-refractivity contribution in [3.8, 4) is 5.75 Å². The minimum Gasteiger partial charge on any atom is -0.491 e. The van der Waals surface area contributed by atoms with Crippen molar-refractivity contribution in [2.75, 3.05) is 13.3 Å². The monoisotopic (exact) mass is 204 g/mol. The molecule has 0 N–H and O–H groups in total. The first kappa shape index (κ1) is 9.97. The van der Waals surface area contributed by atoms with Gasteiger partial charge < -0.3 is 4.74 Å². The number of hydrogen-bond acceptors (Lipinski definition) is 1. The van der Waals surface area contributed by atoms with E-state index < -0.39 is 6.67 Å². The third-order valence-electron chi connectivity index (χ3n) is 2.31. The van der Waals surface area contributed by atoms with Gasteiger partial charge in [0.1, 0.15) is 19.0 Å². The van der Waals surface area contributed by atoms with E-state index >= 15 is 0 Å². The first-order valence-corrected chi connectivity index (χ1v) is 4.99. The Labute approximate surface area is 88.5 Å². The smallest absolute Gasteiger partial charge is 0.123 e.